The average Bonchev–Trinajstić information content (AvgIpc) is 2.68. The summed E-state index contributed by atoms with van der Waals surface area (Å²) < 4.78 is 1.23. The number of nitrogens with zero attached hydrogens (tertiary/aromatic N) is 2. The van der Waals surface area contributed by atoms with Crippen LogP contribution in [0.5, 0.6) is 0 Å². The molecule has 0 unspecified atom stereocenters. The molecule has 2 rings (SSSR count). The summed E-state index contributed by atoms with van der Waals surface area (Å²) in [7, 11) is 0. The first-order chi connectivity index (χ1) is 8.48. The fraction of sp³-hybridized carbons (Fsp3) is 0.500. The Morgan fingerprint density at radius 1 is 1.33 bits per heavy atom. The molecule has 2 aromatic rings. The van der Waals surface area contributed by atoms with E-state index >= 15 is 0 Å². The van der Waals surface area contributed by atoms with Crippen molar-refractivity contribution in [3.05, 3.63) is 29.3 Å². The summed E-state index contributed by atoms with van der Waals surface area (Å²) in [6.07, 6.45) is 0. The molecule has 0 bridgehead atoms. The van der Waals surface area contributed by atoms with Crippen molar-refractivity contribution in [3.8, 4) is 0 Å². The maximum atomic E-state index is 9.88. The summed E-state index contributed by atoms with van der Waals surface area (Å²) in [6.45, 7) is 8.18. The van der Waals surface area contributed by atoms with Crippen LogP contribution in [0.2, 0.25) is 0 Å². The molecular formula is C14H20N2OS. The minimum Gasteiger partial charge on any atom is -0.389 e. The maximum Gasteiger partial charge on any atom is 0.108 e. The van der Waals surface area contributed by atoms with Crippen molar-refractivity contribution in [2.45, 2.75) is 32.9 Å². The molecule has 18 heavy (non-hydrogen) atoms. The quantitative estimate of drug-likeness (QED) is 0.902. The van der Waals surface area contributed by atoms with Gasteiger partial charge >= 0.3 is 0 Å². The molecule has 1 aromatic heterocycles. The lowest BCUT2D eigenvalue weighted by molar-refractivity contribution is 0.0353. The molecule has 1 N–H and O–H groups in total. The number of benzene rings is 1. The Morgan fingerprint density at radius 3 is 2.67 bits per heavy atom. The zero-order valence-electron chi connectivity index (χ0n) is 11.2. The lowest BCUT2D eigenvalue weighted by Crippen LogP contribution is -2.38. The number of fused-ring (bicyclic) bond motifs is 1. The van der Waals surface area contributed by atoms with Gasteiger partial charge in [0, 0.05) is 6.54 Å². The molecule has 0 saturated carbocycles. The molecule has 1 heterocycles. The molecule has 0 aliphatic carbocycles. The van der Waals surface area contributed by atoms with Crippen LogP contribution in [0.15, 0.2) is 24.3 Å². The highest BCUT2D eigenvalue weighted by Crippen LogP contribution is 2.23. The third-order valence-corrected chi connectivity index (χ3v) is 3.78. The molecule has 0 saturated heterocycles. The monoisotopic (exact) mass is 264 g/mol. The van der Waals surface area contributed by atoms with Gasteiger partial charge in [-0.15, -0.1) is 11.3 Å². The molecule has 0 aliphatic rings. The Bertz CT molecular complexity index is 483. The van der Waals surface area contributed by atoms with Gasteiger partial charge in [-0.05, 0) is 32.5 Å². The summed E-state index contributed by atoms with van der Waals surface area (Å²) in [5, 5.41) is 11.0. The number of rotatable bonds is 5. The van der Waals surface area contributed by atoms with Gasteiger partial charge in [-0.25, -0.2) is 4.98 Å². The van der Waals surface area contributed by atoms with Crippen LogP contribution in [0.4, 0.5) is 0 Å². The van der Waals surface area contributed by atoms with E-state index in [9.17, 15) is 5.11 Å². The molecule has 0 atom stereocenters. The average molecular weight is 264 g/mol. The maximum absolute atomic E-state index is 9.88. The number of hydrogen-bond donors (Lipinski definition) is 1. The fourth-order valence-corrected chi connectivity index (χ4v) is 3.02. The first kappa shape index (κ1) is 13.5. The molecule has 0 fully saturated rings. The molecule has 4 heteroatoms. The first-order valence-corrected chi connectivity index (χ1v) is 7.09. The molecule has 0 radical (unpaired) electrons. The Morgan fingerprint density at radius 2 is 2.06 bits per heavy atom. The van der Waals surface area contributed by atoms with Crippen LogP contribution < -0.4 is 0 Å². The van der Waals surface area contributed by atoms with E-state index in [1.54, 1.807) is 11.3 Å². The number of thiazole rings is 1. The third-order valence-electron chi connectivity index (χ3n) is 2.75. The van der Waals surface area contributed by atoms with Gasteiger partial charge in [0.05, 0.1) is 22.4 Å². The fourth-order valence-electron chi connectivity index (χ4n) is 2.01. The summed E-state index contributed by atoms with van der Waals surface area (Å²) in [4.78, 5) is 6.85. The van der Waals surface area contributed by atoms with Gasteiger partial charge in [-0.3, -0.25) is 4.90 Å². The number of aromatic nitrogens is 1. The van der Waals surface area contributed by atoms with E-state index in [0.717, 1.165) is 23.6 Å². The normalized spacial score (nSPS) is 12.5. The molecular weight excluding hydrogens is 244 g/mol. The van der Waals surface area contributed by atoms with Crippen LogP contribution in [0.3, 0.4) is 0 Å². The van der Waals surface area contributed by atoms with Crippen molar-refractivity contribution in [2.24, 2.45) is 0 Å². The zero-order chi connectivity index (χ0) is 13.2. The van der Waals surface area contributed by atoms with E-state index in [2.05, 4.69) is 22.9 Å². The number of aliphatic hydroxyl groups is 1. The van der Waals surface area contributed by atoms with E-state index in [0.29, 0.717) is 6.54 Å². The van der Waals surface area contributed by atoms with Crippen molar-refractivity contribution in [1.82, 2.24) is 9.88 Å². The Kier molecular flexibility index (Phi) is 4.00. The van der Waals surface area contributed by atoms with Crippen LogP contribution in [-0.2, 0) is 6.54 Å². The van der Waals surface area contributed by atoms with Crippen LogP contribution in [0.1, 0.15) is 25.8 Å². The molecule has 0 spiro atoms. The van der Waals surface area contributed by atoms with Gasteiger partial charge in [-0.2, -0.15) is 0 Å². The van der Waals surface area contributed by atoms with E-state index in [1.165, 1.54) is 4.70 Å². The second-order valence-corrected chi connectivity index (χ2v) is 6.31. The van der Waals surface area contributed by atoms with Crippen molar-refractivity contribution < 1.29 is 5.11 Å². The van der Waals surface area contributed by atoms with Crippen molar-refractivity contribution in [1.29, 1.82) is 0 Å². The largest absolute Gasteiger partial charge is 0.389 e. The van der Waals surface area contributed by atoms with Crippen LogP contribution in [0, 0.1) is 0 Å². The van der Waals surface area contributed by atoms with Crippen molar-refractivity contribution in [3.63, 3.8) is 0 Å². The highest BCUT2D eigenvalue weighted by atomic mass is 32.1. The van der Waals surface area contributed by atoms with Gasteiger partial charge in [0.15, 0.2) is 0 Å². The van der Waals surface area contributed by atoms with E-state index < -0.39 is 5.60 Å². The van der Waals surface area contributed by atoms with Crippen LogP contribution in [0.25, 0.3) is 10.2 Å². The molecule has 0 aliphatic heterocycles. The van der Waals surface area contributed by atoms with Crippen molar-refractivity contribution >= 4 is 21.6 Å². The number of hydrogen-bond acceptors (Lipinski definition) is 4. The Balaban J connectivity index is 2.11. The molecule has 1 aromatic carbocycles. The molecule has 3 nitrogen and oxygen atoms in total. The van der Waals surface area contributed by atoms with E-state index in [4.69, 9.17) is 0 Å². The van der Waals surface area contributed by atoms with E-state index in [1.807, 2.05) is 32.0 Å². The minimum absolute atomic E-state index is 0.660. The Hall–Kier alpha value is -0.970. The lowest BCUT2D eigenvalue weighted by atomic mass is 10.1. The zero-order valence-corrected chi connectivity index (χ0v) is 12.0. The number of likely N-dealkylation sites (N-methyl/N-ethyl adjacent to an activating group) is 1. The summed E-state index contributed by atoms with van der Waals surface area (Å²) >= 11 is 1.73. The molecule has 0 amide bonds. The summed E-state index contributed by atoms with van der Waals surface area (Å²) in [6, 6.07) is 8.20. The predicted octanol–water partition coefficient (Wildman–Crippen LogP) is 2.89. The highest BCUT2D eigenvalue weighted by Gasteiger charge is 2.18. The summed E-state index contributed by atoms with van der Waals surface area (Å²) in [5.74, 6) is 0. The molecule has 98 valence electrons. The van der Waals surface area contributed by atoms with Gasteiger partial charge in [0.25, 0.3) is 0 Å². The van der Waals surface area contributed by atoms with E-state index in [-0.39, 0.29) is 0 Å². The minimum atomic E-state index is -0.660. The van der Waals surface area contributed by atoms with Gasteiger partial charge in [0.2, 0.25) is 0 Å². The van der Waals surface area contributed by atoms with Crippen LogP contribution in [-0.4, -0.2) is 33.7 Å². The van der Waals surface area contributed by atoms with Crippen LogP contribution >= 0.6 is 11.3 Å². The Labute approximate surface area is 112 Å². The second kappa shape index (κ2) is 5.34. The predicted molar refractivity (Wildman–Crippen MR) is 76.9 cm³/mol. The van der Waals surface area contributed by atoms with Gasteiger partial charge < -0.3 is 5.11 Å². The van der Waals surface area contributed by atoms with Gasteiger partial charge in [0.1, 0.15) is 5.01 Å². The van der Waals surface area contributed by atoms with Gasteiger partial charge in [-0.1, -0.05) is 19.1 Å². The SMILES string of the molecule is CCN(Cc1nc2ccccc2s1)CC(C)(C)O. The smallest absolute Gasteiger partial charge is 0.108 e. The standard InChI is InChI=1S/C14H20N2OS/c1-4-16(10-14(2,3)17)9-13-15-11-7-5-6-8-12(11)18-13/h5-8,17H,4,9-10H2,1-3H3. The highest BCUT2D eigenvalue weighted by molar-refractivity contribution is 7.18. The third kappa shape index (κ3) is 3.51. The second-order valence-electron chi connectivity index (χ2n) is 5.19. The topological polar surface area (TPSA) is 36.4 Å². The van der Waals surface area contributed by atoms with Crippen molar-refractivity contribution in [2.75, 3.05) is 13.1 Å². The lowest BCUT2D eigenvalue weighted by Gasteiger charge is -2.27. The first-order valence-electron chi connectivity index (χ1n) is 6.27. The number of para-hydroxylation sites is 1. The summed E-state index contributed by atoms with van der Waals surface area (Å²) in [5.41, 5.74) is 0.406.